The van der Waals surface area contributed by atoms with E-state index in [0.29, 0.717) is 25.6 Å². The molecular weight excluding hydrogens is 304 g/mol. The molecule has 1 aliphatic heterocycles. The average molecular weight is 326 g/mol. The second-order valence-corrected chi connectivity index (χ2v) is 6.06. The van der Waals surface area contributed by atoms with Crippen LogP contribution >= 0.6 is 0 Å². The molecule has 0 saturated carbocycles. The minimum absolute atomic E-state index is 0.0235. The van der Waals surface area contributed by atoms with E-state index >= 15 is 0 Å². The maximum Gasteiger partial charge on any atom is 0.224 e. The number of aromatic nitrogens is 1. The molecular formula is C19H22N2O3. The molecule has 126 valence electrons. The summed E-state index contributed by atoms with van der Waals surface area (Å²) in [5, 5.41) is 3.12. The Morgan fingerprint density at radius 3 is 2.62 bits per heavy atom. The molecule has 2 aromatic rings. The number of carbonyl (C=O) groups is 1. The second kappa shape index (κ2) is 7.93. The van der Waals surface area contributed by atoms with Crippen LogP contribution in [0.15, 0.2) is 48.8 Å². The molecule has 2 heterocycles. The fourth-order valence-corrected chi connectivity index (χ4v) is 2.97. The molecule has 5 heteroatoms. The van der Waals surface area contributed by atoms with Crippen molar-refractivity contribution >= 4 is 5.91 Å². The molecule has 1 aromatic carbocycles. The van der Waals surface area contributed by atoms with Crippen LogP contribution in [0.4, 0.5) is 0 Å². The van der Waals surface area contributed by atoms with Gasteiger partial charge in [-0.1, -0.05) is 12.1 Å². The Hall–Kier alpha value is -2.40. The zero-order valence-corrected chi connectivity index (χ0v) is 13.8. The molecule has 1 fully saturated rings. The van der Waals surface area contributed by atoms with Gasteiger partial charge in [0, 0.05) is 18.3 Å². The van der Waals surface area contributed by atoms with Crippen LogP contribution in [0.25, 0.3) is 0 Å². The van der Waals surface area contributed by atoms with Gasteiger partial charge in [-0.3, -0.25) is 9.78 Å². The van der Waals surface area contributed by atoms with Crippen molar-refractivity contribution in [2.45, 2.75) is 18.9 Å². The molecule has 1 amide bonds. The Morgan fingerprint density at radius 2 is 1.92 bits per heavy atom. The highest BCUT2D eigenvalue weighted by Gasteiger charge is 2.29. The molecule has 1 aromatic heterocycles. The Kier molecular flexibility index (Phi) is 5.43. The van der Waals surface area contributed by atoms with Gasteiger partial charge >= 0.3 is 0 Å². The number of nitrogens with one attached hydrogen (secondary N) is 1. The first-order valence-electron chi connectivity index (χ1n) is 8.13. The number of methoxy groups -OCH3 is 1. The molecule has 1 aliphatic rings. The van der Waals surface area contributed by atoms with Crippen LogP contribution < -0.4 is 10.1 Å². The summed E-state index contributed by atoms with van der Waals surface area (Å²) in [6.45, 7) is 1.25. The number of hydrogen-bond acceptors (Lipinski definition) is 4. The normalized spacial score (nSPS) is 19.9. The SMILES string of the molecule is COc1ccc(CC(=O)N[C@@H]2COC[C@H]2Cc2ccncc2)cc1. The summed E-state index contributed by atoms with van der Waals surface area (Å²) in [5.41, 5.74) is 2.19. The van der Waals surface area contributed by atoms with Gasteiger partial charge in [-0.15, -0.1) is 0 Å². The molecule has 0 unspecified atom stereocenters. The van der Waals surface area contributed by atoms with E-state index in [0.717, 1.165) is 17.7 Å². The van der Waals surface area contributed by atoms with E-state index < -0.39 is 0 Å². The zero-order chi connectivity index (χ0) is 16.8. The van der Waals surface area contributed by atoms with Gasteiger partial charge in [0.25, 0.3) is 0 Å². The molecule has 2 atom stereocenters. The largest absolute Gasteiger partial charge is 0.497 e. The molecule has 3 rings (SSSR count). The minimum atomic E-state index is 0.0235. The first-order chi connectivity index (χ1) is 11.7. The van der Waals surface area contributed by atoms with Gasteiger partial charge < -0.3 is 14.8 Å². The van der Waals surface area contributed by atoms with Gasteiger partial charge in [0.1, 0.15) is 5.75 Å². The summed E-state index contributed by atoms with van der Waals surface area (Å²) < 4.78 is 10.7. The van der Waals surface area contributed by atoms with Crippen molar-refractivity contribution in [3.63, 3.8) is 0 Å². The number of nitrogens with zero attached hydrogens (tertiary/aromatic N) is 1. The van der Waals surface area contributed by atoms with Crippen molar-refractivity contribution in [2.24, 2.45) is 5.92 Å². The van der Waals surface area contributed by atoms with Crippen molar-refractivity contribution < 1.29 is 14.3 Å². The highest BCUT2D eigenvalue weighted by Crippen LogP contribution is 2.19. The van der Waals surface area contributed by atoms with E-state index in [1.807, 2.05) is 36.4 Å². The van der Waals surface area contributed by atoms with Gasteiger partial charge in [-0.2, -0.15) is 0 Å². The van der Waals surface area contributed by atoms with E-state index in [2.05, 4.69) is 10.3 Å². The number of amides is 1. The van der Waals surface area contributed by atoms with Crippen LogP contribution in [0.3, 0.4) is 0 Å². The van der Waals surface area contributed by atoms with Crippen molar-refractivity contribution in [1.29, 1.82) is 0 Å². The Labute approximate surface area is 142 Å². The molecule has 24 heavy (non-hydrogen) atoms. The standard InChI is InChI=1S/C19H22N2O3/c1-23-17-4-2-14(3-5-17)11-19(22)21-18-13-24-12-16(18)10-15-6-8-20-9-7-15/h2-9,16,18H,10-13H2,1H3,(H,21,22)/t16-,18-/m1/s1. The fraction of sp³-hybridized carbons (Fsp3) is 0.368. The first-order valence-corrected chi connectivity index (χ1v) is 8.13. The summed E-state index contributed by atoms with van der Waals surface area (Å²) in [6.07, 6.45) is 4.84. The topological polar surface area (TPSA) is 60.5 Å². The first kappa shape index (κ1) is 16.5. The lowest BCUT2D eigenvalue weighted by atomic mass is 9.95. The third kappa shape index (κ3) is 4.32. The van der Waals surface area contributed by atoms with Crippen LogP contribution in [0, 0.1) is 5.92 Å². The van der Waals surface area contributed by atoms with Crippen molar-refractivity contribution in [3.8, 4) is 5.75 Å². The molecule has 1 N–H and O–H groups in total. The lowest BCUT2D eigenvalue weighted by Crippen LogP contribution is -2.41. The van der Waals surface area contributed by atoms with Crippen molar-refractivity contribution in [2.75, 3.05) is 20.3 Å². The third-order valence-electron chi connectivity index (χ3n) is 4.32. The second-order valence-electron chi connectivity index (χ2n) is 6.06. The summed E-state index contributed by atoms with van der Waals surface area (Å²) in [4.78, 5) is 16.3. The fourth-order valence-electron chi connectivity index (χ4n) is 2.97. The van der Waals surface area contributed by atoms with Gasteiger partial charge in [0.2, 0.25) is 5.91 Å². The van der Waals surface area contributed by atoms with E-state index in [-0.39, 0.29) is 11.9 Å². The molecule has 0 radical (unpaired) electrons. The third-order valence-corrected chi connectivity index (χ3v) is 4.32. The van der Waals surface area contributed by atoms with E-state index in [1.54, 1.807) is 19.5 Å². The summed E-state index contributed by atoms with van der Waals surface area (Å²) in [7, 11) is 1.63. The van der Waals surface area contributed by atoms with Gasteiger partial charge in [0.05, 0.1) is 32.8 Å². The average Bonchev–Trinajstić information content (AvgIpc) is 3.03. The van der Waals surface area contributed by atoms with Crippen LogP contribution in [0.2, 0.25) is 0 Å². The van der Waals surface area contributed by atoms with Crippen molar-refractivity contribution in [1.82, 2.24) is 10.3 Å². The summed E-state index contributed by atoms with van der Waals surface area (Å²) >= 11 is 0. The smallest absolute Gasteiger partial charge is 0.224 e. The maximum absolute atomic E-state index is 12.3. The molecule has 5 nitrogen and oxygen atoms in total. The van der Waals surface area contributed by atoms with Crippen molar-refractivity contribution in [3.05, 3.63) is 59.9 Å². The number of hydrogen-bond donors (Lipinski definition) is 1. The minimum Gasteiger partial charge on any atom is -0.497 e. The molecule has 0 spiro atoms. The Balaban J connectivity index is 1.54. The maximum atomic E-state index is 12.3. The number of rotatable bonds is 6. The quantitative estimate of drug-likeness (QED) is 0.882. The lowest BCUT2D eigenvalue weighted by molar-refractivity contribution is -0.121. The van der Waals surface area contributed by atoms with E-state index in [1.165, 1.54) is 5.56 Å². The van der Waals surface area contributed by atoms with Crippen LogP contribution in [0.5, 0.6) is 5.75 Å². The number of carbonyl (C=O) groups excluding carboxylic acids is 1. The molecule has 1 saturated heterocycles. The Morgan fingerprint density at radius 1 is 1.17 bits per heavy atom. The highest BCUT2D eigenvalue weighted by atomic mass is 16.5. The Bertz CT molecular complexity index is 658. The van der Waals surface area contributed by atoms with E-state index in [9.17, 15) is 4.79 Å². The lowest BCUT2D eigenvalue weighted by Gasteiger charge is -2.19. The predicted octanol–water partition coefficient (Wildman–Crippen LogP) is 2.01. The number of ether oxygens (including phenoxy) is 2. The highest BCUT2D eigenvalue weighted by molar-refractivity contribution is 5.79. The van der Waals surface area contributed by atoms with Gasteiger partial charge in [0.15, 0.2) is 0 Å². The number of benzene rings is 1. The van der Waals surface area contributed by atoms with Crippen LogP contribution in [-0.2, 0) is 22.4 Å². The van der Waals surface area contributed by atoms with Crippen LogP contribution in [0.1, 0.15) is 11.1 Å². The zero-order valence-electron chi connectivity index (χ0n) is 13.8. The summed E-state index contributed by atoms with van der Waals surface area (Å²) in [6, 6.07) is 11.6. The van der Waals surface area contributed by atoms with Gasteiger partial charge in [-0.05, 0) is 41.8 Å². The molecule has 0 bridgehead atoms. The monoisotopic (exact) mass is 326 g/mol. The van der Waals surface area contributed by atoms with Gasteiger partial charge in [-0.25, -0.2) is 0 Å². The predicted molar refractivity (Wildman–Crippen MR) is 90.9 cm³/mol. The van der Waals surface area contributed by atoms with E-state index in [4.69, 9.17) is 9.47 Å². The summed E-state index contributed by atoms with van der Waals surface area (Å²) in [5.74, 6) is 1.11. The van der Waals surface area contributed by atoms with Crippen LogP contribution in [-0.4, -0.2) is 37.3 Å². The molecule has 0 aliphatic carbocycles. The number of pyridine rings is 1.